The summed E-state index contributed by atoms with van der Waals surface area (Å²) in [6, 6.07) is 13.1. The number of carbonyl (C=O) groups is 2. The first-order valence-corrected chi connectivity index (χ1v) is 6.88. The Morgan fingerprint density at radius 2 is 1.59 bits per heavy atom. The van der Waals surface area contributed by atoms with Crippen molar-refractivity contribution in [3.63, 3.8) is 0 Å². The lowest BCUT2D eigenvalue weighted by molar-refractivity contribution is 0.0692. The Hall–Kier alpha value is -2.82. The molecule has 2 aromatic carbocycles. The highest BCUT2D eigenvalue weighted by Crippen LogP contribution is 2.25. The molecule has 0 aliphatic carbocycles. The normalized spacial score (nSPS) is 10.3. The van der Waals surface area contributed by atoms with Gasteiger partial charge in [-0.05, 0) is 38.1 Å². The Kier molecular flexibility index (Phi) is 4.78. The second kappa shape index (κ2) is 6.76. The third kappa shape index (κ3) is 3.63. The van der Waals surface area contributed by atoms with E-state index in [-0.39, 0.29) is 17.2 Å². The third-order valence-electron chi connectivity index (χ3n) is 2.90. The fraction of sp³-hybridized carbons (Fsp3) is 0.176. The predicted octanol–water partition coefficient (Wildman–Crippen LogP) is 3.42. The summed E-state index contributed by atoms with van der Waals surface area (Å²) in [5, 5.41) is 11.8. The monoisotopic (exact) mass is 299 g/mol. The van der Waals surface area contributed by atoms with Gasteiger partial charge in [0.25, 0.3) is 5.91 Å². The van der Waals surface area contributed by atoms with Crippen molar-refractivity contribution in [3.8, 4) is 5.75 Å². The third-order valence-corrected chi connectivity index (χ3v) is 2.90. The van der Waals surface area contributed by atoms with Crippen molar-refractivity contribution < 1.29 is 19.4 Å². The molecule has 22 heavy (non-hydrogen) atoms. The Balaban J connectivity index is 2.29. The maximum atomic E-state index is 12.3. The Bertz CT molecular complexity index is 695. The molecule has 0 spiro atoms. The van der Waals surface area contributed by atoms with E-state index in [0.29, 0.717) is 11.4 Å². The van der Waals surface area contributed by atoms with Crippen LogP contribution in [0.3, 0.4) is 0 Å². The molecule has 2 aromatic rings. The first kappa shape index (κ1) is 15.6. The number of rotatable bonds is 5. The molecule has 0 aliphatic heterocycles. The number of para-hydroxylation sites is 2. The Morgan fingerprint density at radius 1 is 1.00 bits per heavy atom. The summed E-state index contributed by atoms with van der Waals surface area (Å²) in [7, 11) is 0. The molecule has 0 unspecified atom stereocenters. The van der Waals surface area contributed by atoms with Gasteiger partial charge in [-0.2, -0.15) is 0 Å². The Morgan fingerprint density at radius 3 is 2.23 bits per heavy atom. The minimum atomic E-state index is -1.14. The summed E-state index contributed by atoms with van der Waals surface area (Å²) in [5.74, 6) is -1.09. The summed E-state index contributed by atoms with van der Waals surface area (Å²) in [4.78, 5) is 23.5. The molecule has 0 atom stereocenters. The van der Waals surface area contributed by atoms with Crippen molar-refractivity contribution in [2.75, 3.05) is 5.32 Å². The minimum absolute atomic E-state index is 0.0376. The lowest BCUT2D eigenvalue weighted by Gasteiger charge is -2.15. The van der Waals surface area contributed by atoms with Crippen molar-refractivity contribution in [1.29, 1.82) is 0 Å². The van der Waals surface area contributed by atoms with Crippen LogP contribution >= 0.6 is 0 Å². The zero-order valence-electron chi connectivity index (χ0n) is 12.4. The first-order valence-electron chi connectivity index (χ1n) is 6.88. The van der Waals surface area contributed by atoms with Crippen LogP contribution in [0.4, 0.5) is 5.69 Å². The largest absolute Gasteiger partial charge is 0.489 e. The van der Waals surface area contributed by atoms with Gasteiger partial charge in [0.15, 0.2) is 0 Å². The fourth-order valence-corrected chi connectivity index (χ4v) is 1.98. The minimum Gasteiger partial charge on any atom is -0.489 e. The van der Waals surface area contributed by atoms with Crippen LogP contribution in [-0.4, -0.2) is 23.1 Å². The van der Waals surface area contributed by atoms with E-state index in [0.717, 1.165) is 0 Å². The van der Waals surface area contributed by atoms with E-state index in [1.165, 1.54) is 12.1 Å². The van der Waals surface area contributed by atoms with Crippen LogP contribution in [-0.2, 0) is 0 Å². The topological polar surface area (TPSA) is 75.6 Å². The highest BCUT2D eigenvalue weighted by Gasteiger charge is 2.17. The van der Waals surface area contributed by atoms with E-state index in [2.05, 4.69) is 5.32 Å². The number of aromatic carboxylic acids is 1. The van der Waals surface area contributed by atoms with Gasteiger partial charge in [-0.25, -0.2) is 4.79 Å². The number of ether oxygens (including phenoxy) is 1. The van der Waals surface area contributed by atoms with E-state index < -0.39 is 11.9 Å². The van der Waals surface area contributed by atoms with Crippen LogP contribution in [0.2, 0.25) is 0 Å². The molecule has 0 heterocycles. The van der Waals surface area contributed by atoms with Gasteiger partial charge in [0.2, 0.25) is 0 Å². The molecule has 1 amide bonds. The molecule has 0 radical (unpaired) electrons. The molecule has 0 bridgehead atoms. The molecule has 5 nitrogen and oxygen atoms in total. The van der Waals surface area contributed by atoms with Gasteiger partial charge in [-0.1, -0.05) is 24.3 Å². The van der Waals surface area contributed by atoms with Gasteiger partial charge in [-0.3, -0.25) is 4.79 Å². The average Bonchev–Trinajstić information content (AvgIpc) is 2.48. The number of carboxylic acids is 1. The van der Waals surface area contributed by atoms with Gasteiger partial charge < -0.3 is 15.2 Å². The van der Waals surface area contributed by atoms with Crippen LogP contribution < -0.4 is 10.1 Å². The number of anilines is 1. The molecule has 5 heteroatoms. The van der Waals surface area contributed by atoms with Crippen molar-refractivity contribution in [2.45, 2.75) is 20.0 Å². The van der Waals surface area contributed by atoms with Crippen LogP contribution in [0.1, 0.15) is 34.6 Å². The fourth-order valence-electron chi connectivity index (χ4n) is 1.98. The number of benzene rings is 2. The average molecular weight is 299 g/mol. The van der Waals surface area contributed by atoms with Gasteiger partial charge >= 0.3 is 5.97 Å². The molecular weight excluding hydrogens is 282 g/mol. The van der Waals surface area contributed by atoms with Crippen molar-refractivity contribution in [1.82, 2.24) is 0 Å². The lowest BCUT2D eigenvalue weighted by Crippen LogP contribution is -2.17. The standard InChI is InChI=1S/C17H17NO4/c1-11(2)22-15-10-6-5-9-14(15)18-16(19)12-7-3-4-8-13(12)17(20)21/h3-11H,1-2H3,(H,18,19)(H,20,21). The van der Waals surface area contributed by atoms with Crippen LogP contribution in [0, 0.1) is 0 Å². The summed E-state index contributed by atoms with van der Waals surface area (Å²) in [6.45, 7) is 3.77. The lowest BCUT2D eigenvalue weighted by atomic mass is 10.1. The molecule has 0 aliphatic rings. The summed E-state index contributed by atoms with van der Waals surface area (Å²) in [6.07, 6.45) is -0.0376. The summed E-state index contributed by atoms with van der Waals surface area (Å²) < 4.78 is 5.63. The second-order valence-corrected chi connectivity index (χ2v) is 4.97. The van der Waals surface area contributed by atoms with Crippen molar-refractivity contribution >= 4 is 17.6 Å². The van der Waals surface area contributed by atoms with E-state index in [1.54, 1.807) is 36.4 Å². The highest BCUT2D eigenvalue weighted by molar-refractivity contribution is 6.11. The maximum absolute atomic E-state index is 12.3. The van der Waals surface area contributed by atoms with E-state index >= 15 is 0 Å². The number of amides is 1. The zero-order valence-corrected chi connectivity index (χ0v) is 12.4. The summed E-state index contributed by atoms with van der Waals surface area (Å²) >= 11 is 0. The molecule has 2 rings (SSSR count). The number of carboxylic acid groups (broad SMARTS) is 1. The SMILES string of the molecule is CC(C)Oc1ccccc1NC(=O)c1ccccc1C(=O)O. The number of carbonyl (C=O) groups excluding carboxylic acids is 1. The van der Waals surface area contributed by atoms with Gasteiger partial charge in [0.05, 0.1) is 22.9 Å². The highest BCUT2D eigenvalue weighted by atomic mass is 16.5. The zero-order chi connectivity index (χ0) is 16.1. The Labute approximate surface area is 128 Å². The molecule has 0 aromatic heterocycles. The second-order valence-electron chi connectivity index (χ2n) is 4.97. The van der Waals surface area contributed by atoms with Crippen LogP contribution in [0.15, 0.2) is 48.5 Å². The molecule has 114 valence electrons. The molecule has 0 saturated heterocycles. The van der Waals surface area contributed by atoms with Gasteiger partial charge in [0.1, 0.15) is 5.75 Å². The molecule has 0 fully saturated rings. The number of hydrogen-bond acceptors (Lipinski definition) is 3. The maximum Gasteiger partial charge on any atom is 0.336 e. The van der Waals surface area contributed by atoms with Crippen molar-refractivity contribution in [2.24, 2.45) is 0 Å². The quantitative estimate of drug-likeness (QED) is 0.887. The molecule has 0 saturated carbocycles. The molecular formula is C17H17NO4. The van der Waals surface area contributed by atoms with Crippen LogP contribution in [0.25, 0.3) is 0 Å². The number of hydrogen-bond donors (Lipinski definition) is 2. The van der Waals surface area contributed by atoms with E-state index in [1.807, 2.05) is 13.8 Å². The number of nitrogens with one attached hydrogen (secondary N) is 1. The predicted molar refractivity (Wildman–Crippen MR) is 83.6 cm³/mol. The molecule has 2 N–H and O–H groups in total. The van der Waals surface area contributed by atoms with E-state index in [9.17, 15) is 9.59 Å². The van der Waals surface area contributed by atoms with Gasteiger partial charge in [0, 0.05) is 0 Å². The van der Waals surface area contributed by atoms with Crippen LogP contribution in [0.5, 0.6) is 5.75 Å². The van der Waals surface area contributed by atoms with Crippen molar-refractivity contribution in [3.05, 3.63) is 59.7 Å². The summed E-state index contributed by atoms with van der Waals surface area (Å²) in [5.41, 5.74) is 0.568. The van der Waals surface area contributed by atoms with E-state index in [4.69, 9.17) is 9.84 Å². The van der Waals surface area contributed by atoms with Gasteiger partial charge in [-0.15, -0.1) is 0 Å². The smallest absolute Gasteiger partial charge is 0.336 e. The first-order chi connectivity index (χ1) is 10.5.